The number of carbonyl (C=O) groups is 1. The monoisotopic (exact) mass is 387 g/mol. The van der Waals surface area contributed by atoms with Crippen LogP contribution in [0.4, 0.5) is 13.2 Å². The second-order valence-electron chi connectivity index (χ2n) is 5.85. The number of hydrogen-bond acceptors (Lipinski definition) is 4. The standard InChI is InChI=1S/C20H16F3N3O2/c21-12-28-17-6-5-14(10-16(17)23)19(20-15(22)4-2-8-25-20)26-18(27)9-13-3-1-7-24-11-13/h1-8,10-11,19H,9,12H2,(H,26,27)/t19-/m0/s1. The van der Waals surface area contributed by atoms with Crippen molar-refractivity contribution >= 4 is 5.91 Å². The predicted molar refractivity (Wildman–Crippen MR) is 95.1 cm³/mol. The topological polar surface area (TPSA) is 64.1 Å². The van der Waals surface area contributed by atoms with Gasteiger partial charge in [-0.25, -0.2) is 13.2 Å². The molecule has 0 aliphatic carbocycles. The van der Waals surface area contributed by atoms with E-state index in [4.69, 9.17) is 0 Å². The molecule has 28 heavy (non-hydrogen) atoms. The smallest absolute Gasteiger partial charge is 0.228 e. The van der Waals surface area contributed by atoms with Gasteiger partial charge in [0.05, 0.1) is 12.5 Å². The summed E-state index contributed by atoms with van der Waals surface area (Å²) in [7, 11) is 0. The molecule has 2 aromatic heterocycles. The summed E-state index contributed by atoms with van der Waals surface area (Å²) >= 11 is 0. The molecule has 0 bridgehead atoms. The molecule has 0 fully saturated rings. The second kappa shape index (κ2) is 8.98. The molecular formula is C20H16F3N3O2. The summed E-state index contributed by atoms with van der Waals surface area (Å²) in [5, 5.41) is 2.67. The normalized spacial score (nSPS) is 11.7. The van der Waals surface area contributed by atoms with Crippen molar-refractivity contribution in [2.45, 2.75) is 12.5 Å². The van der Waals surface area contributed by atoms with Crippen LogP contribution in [0.15, 0.2) is 61.1 Å². The van der Waals surface area contributed by atoms with Gasteiger partial charge in [-0.3, -0.25) is 14.8 Å². The Balaban J connectivity index is 1.91. The Morgan fingerprint density at radius 3 is 2.61 bits per heavy atom. The third-order valence-corrected chi connectivity index (χ3v) is 3.95. The summed E-state index contributed by atoms with van der Waals surface area (Å²) in [4.78, 5) is 20.4. The highest BCUT2D eigenvalue weighted by molar-refractivity contribution is 5.79. The number of carbonyl (C=O) groups excluding carboxylic acids is 1. The van der Waals surface area contributed by atoms with Gasteiger partial charge in [0.2, 0.25) is 12.8 Å². The van der Waals surface area contributed by atoms with Gasteiger partial charge in [0.1, 0.15) is 11.5 Å². The number of ether oxygens (including phenoxy) is 1. The second-order valence-corrected chi connectivity index (χ2v) is 5.85. The number of amides is 1. The van der Waals surface area contributed by atoms with Gasteiger partial charge in [0, 0.05) is 18.6 Å². The number of alkyl halides is 1. The minimum absolute atomic E-state index is 0.00429. The SMILES string of the molecule is O=C(Cc1cccnc1)N[C@@H](c1ccc(OCF)c(F)c1)c1ncccc1F. The molecule has 1 aromatic carbocycles. The summed E-state index contributed by atoms with van der Waals surface area (Å²) in [6.45, 7) is -1.18. The zero-order chi connectivity index (χ0) is 19.9. The van der Waals surface area contributed by atoms with Gasteiger partial charge < -0.3 is 10.1 Å². The van der Waals surface area contributed by atoms with Crippen LogP contribution >= 0.6 is 0 Å². The summed E-state index contributed by atoms with van der Waals surface area (Å²) in [5.74, 6) is -2.20. The Morgan fingerprint density at radius 2 is 1.93 bits per heavy atom. The van der Waals surface area contributed by atoms with Gasteiger partial charge in [0.25, 0.3) is 0 Å². The fraction of sp³-hybridized carbons (Fsp3) is 0.150. The van der Waals surface area contributed by atoms with Gasteiger partial charge in [0.15, 0.2) is 11.6 Å². The van der Waals surface area contributed by atoms with E-state index in [-0.39, 0.29) is 23.4 Å². The zero-order valence-electron chi connectivity index (χ0n) is 14.6. The third kappa shape index (κ3) is 4.64. The minimum atomic E-state index is -1.18. The first kappa shape index (κ1) is 19.3. The zero-order valence-corrected chi connectivity index (χ0v) is 14.6. The number of nitrogens with zero attached hydrogens (tertiary/aromatic N) is 2. The maximum Gasteiger partial charge on any atom is 0.228 e. The number of benzene rings is 1. The van der Waals surface area contributed by atoms with Crippen molar-refractivity contribution in [1.82, 2.24) is 15.3 Å². The summed E-state index contributed by atoms with van der Waals surface area (Å²) in [6, 6.07) is 8.66. The first-order valence-electron chi connectivity index (χ1n) is 8.35. The average molecular weight is 387 g/mol. The van der Waals surface area contributed by atoms with E-state index in [0.29, 0.717) is 5.56 Å². The van der Waals surface area contributed by atoms with E-state index in [1.54, 1.807) is 24.5 Å². The fourth-order valence-electron chi connectivity index (χ4n) is 2.69. The number of rotatable bonds is 7. The van der Waals surface area contributed by atoms with Crippen molar-refractivity contribution in [2.75, 3.05) is 6.86 Å². The Labute approximate surface area is 159 Å². The molecule has 1 atom stereocenters. The molecule has 0 spiro atoms. The molecule has 0 saturated heterocycles. The molecule has 0 aliphatic rings. The summed E-state index contributed by atoms with van der Waals surface area (Å²) < 4.78 is 45.3. The first-order valence-corrected chi connectivity index (χ1v) is 8.35. The van der Waals surface area contributed by atoms with Crippen molar-refractivity contribution in [3.05, 3.63) is 89.5 Å². The van der Waals surface area contributed by atoms with E-state index in [1.807, 2.05) is 0 Å². The molecule has 5 nitrogen and oxygen atoms in total. The largest absolute Gasteiger partial charge is 0.460 e. The maximum absolute atomic E-state index is 14.3. The molecule has 0 unspecified atom stereocenters. The Kier molecular flexibility index (Phi) is 6.21. The van der Waals surface area contributed by atoms with E-state index in [0.717, 1.165) is 6.07 Å². The Hall–Kier alpha value is -3.42. The van der Waals surface area contributed by atoms with Crippen LogP contribution in [0.5, 0.6) is 5.75 Å². The highest BCUT2D eigenvalue weighted by Gasteiger charge is 2.23. The minimum Gasteiger partial charge on any atom is -0.460 e. The summed E-state index contributed by atoms with van der Waals surface area (Å²) in [6.07, 6.45) is 4.50. The lowest BCUT2D eigenvalue weighted by Gasteiger charge is -2.20. The van der Waals surface area contributed by atoms with E-state index < -0.39 is 30.4 Å². The van der Waals surface area contributed by atoms with Gasteiger partial charge in [-0.15, -0.1) is 0 Å². The predicted octanol–water partition coefficient (Wildman–Crippen LogP) is 3.51. The molecule has 144 valence electrons. The molecule has 0 radical (unpaired) electrons. The highest BCUT2D eigenvalue weighted by atomic mass is 19.1. The third-order valence-electron chi connectivity index (χ3n) is 3.95. The van der Waals surface area contributed by atoms with Gasteiger partial charge in [-0.2, -0.15) is 0 Å². The molecule has 1 amide bonds. The van der Waals surface area contributed by atoms with Crippen molar-refractivity contribution in [2.24, 2.45) is 0 Å². The van der Waals surface area contributed by atoms with Crippen molar-refractivity contribution in [3.8, 4) is 5.75 Å². The molecule has 3 aromatic rings. The highest BCUT2D eigenvalue weighted by Crippen LogP contribution is 2.27. The van der Waals surface area contributed by atoms with Gasteiger partial charge >= 0.3 is 0 Å². The van der Waals surface area contributed by atoms with Crippen molar-refractivity contribution in [1.29, 1.82) is 0 Å². The van der Waals surface area contributed by atoms with E-state index in [1.165, 1.54) is 30.5 Å². The quantitative estimate of drug-likeness (QED) is 0.674. The van der Waals surface area contributed by atoms with Gasteiger partial charge in [-0.05, 0) is 41.5 Å². The van der Waals surface area contributed by atoms with Crippen LogP contribution in [0.1, 0.15) is 22.9 Å². The Bertz CT molecular complexity index is 954. The Morgan fingerprint density at radius 1 is 1.11 bits per heavy atom. The van der Waals surface area contributed by atoms with Crippen LogP contribution in [0, 0.1) is 11.6 Å². The molecule has 0 aliphatic heterocycles. The molecule has 8 heteroatoms. The van der Waals surface area contributed by atoms with Crippen LogP contribution in [0.25, 0.3) is 0 Å². The lowest BCUT2D eigenvalue weighted by atomic mass is 10.0. The molecule has 1 N–H and O–H groups in total. The maximum atomic E-state index is 14.3. The number of aromatic nitrogens is 2. The van der Waals surface area contributed by atoms with E-state index >= 15 is 0 Å². The van der Waals surface area contributed by atoms with Crippen LogP contribution in [0.3, 0.4) is 0 Å². The molecule has 2 heterocycles. The summed E-state index contributed by atoms with van der Waals surface area (Å²) in [5.41, 5.74) is 0.833. The first-order chi connectivity index (χ1) is 13.6. The van der Waals surface area contributed by atoms with E-state index in [2.05, 4.69) is 20.0 Å². The number of halogens is 3. The number of nitrogens with one attached hydrogen (secondary N) is 1. The van der Waals surface area contributed by atoms with E-state index in [9.17, 15) is 18.0 Å². The molecule has 0 saturated carbocycles. The van der Waals surface area contributed by atoms with Crippen molar-refractivity contribution < 1.29 is 22.7 Å². The van der Waals surface area contributed by atoms with Crippen LogP contribution < -0.4 is 10.1 Å². The van der Waals surface area contributed by atoms with Crippen molar-refractivity contribution in [3.63, 3.8) is 0 Å². The fourth-order valence-corrected chi connectivity index (χ4v) is 2.69. The molecular weight excluding hydrogens is 371 g/mol. The van der Waals surface area contributed by atoms with Crippen LogP contribution in [0.2, 0.25) is 0 Å². The van der Waals surface area contributed by atoms with Gasteiger partial charge in [-0.1, -0.05) is 12.1 Å². The van der Waals surface area contributed by atoms with Crippen LogP contribution in [-0.4, -0.2) is 22.7 Å². The molecule has 3 rings (SSSR count). The number of hydrogen-bond donors (Lipinski definition) is 1. The number of pyridine rings is 2. The lowest BCUT2D eigenvalue weighted by Crippen LogP contribution is -2.32. The average Bonchev–Trinajstić information content (AvgIpc) is 2.69. The van der Waals surface area contributed by atoms with Crippen LogP contribution in [-0.2, 0) is 11.2 Å². The lowest BCUT2D eigenvalue weighted by molar-refractivity contribution is -0.121.